The van der Waals surface area contributed by atoms with Gasteiger partial charge >= 0.3 is 6.03 Å². The summed E-state index contributed by atoms with van der Waals surface area (Å²) >= 11 is 12.0. The molecule has 1 unspecified atom stereocenters. The predicted octanol–water partition coefficient (Wildman–Crippen LogP) is 4.53. The van der Waals surface area contributed by atoms with Crippen LogP contribution in [0.2, 0.25) is 10.0 Å². The van der Waals surface area contributed by atoms with Crippen molar-refractivity contribution >= 4 is 40.8 Å². The normalized spacial score (nSPS) is 20.5. The number of urea groups is 1. The molecule has 1 aliphatic rings. The average molecular weight is 381 g/mol. The van der Waals surface area contributed by atoms with Gasteiger partial charge in [-0.2, -0.15) is 0 Å². The van der Waals surface area contributed by atoms with Crippen molar-refractivity contribution in [2.45, 2.75) is 18.9 Å². The van der Waals surface area contributed by atoms with Crippen LogP contribution >= 0.6 is 23.2 Å². The van der Waals surface area contributed by atoms with Crippen LogP contribution in [0.5, 0.6) is 0 Å². The number of carbonyl (C=O) groups is 2. The largest absolute Gasteiger partial charge is 0.332 e. The van der Waals surface area contributed by atoms with Gasteiger partial charge in [0.15, 0.2) is 0 Å². The molecular formula is C18H15Cl2FN2O2. The number of amides is 3. The molecule has 0 radical (unpaired) electrons. The van der Waals surface area contributed by atoms with Gasteiger partial charge in [0.2, 0.25) is 0 Å². The summed E-state index contributed by atoms with van der Waals surface area (Å²) in [6.45, 7) is 1.68. The molecular weight excluding hydrogens is 366 g/mol. The quantitative estimate of drug-likeness (QED) is 0.733. The van der Waals surface area contributed by atoms with Gasteiger partial charge in [-0.25, -0.2) is 14.1 Å². The second kappa shape index (κ2) is 6.32. The number of hydrogen-bond donors (Lipinski definition) is 0. The summed E-state index contributed by atoms with van der Waals surface area (Å²) in [5, 5.41) is 0.663. The fourth-order valence-corrected chi connectivity index (χ4v) is 3.44. The highest BCUT2D eigenvalue weighted by Gasteiger charge is 2.53. The number of halogens is 3. The monoisotopic (exact) mass is 380 g/mol. The number of likely N-dealkylation sites (N-methyl/N-ethyl adjacent to an activating group) is 1. The Kier molecular flexibility index (Phi) is 4.47. The van der Waals surface area contributed by atoms with Gasteiger partial charge in [0.25, 0.3) is 5.91 Å². The molecule has 2 aromatic rings. The Morgan fingerprint density at radius 2 is 1.60 bits per heavy atom. The predicted molar refractivity (Wildman–Crippen MR) is 95.6 cm³/mol. The van der Waals surface area contributed by atoms with Crippen molar-refractivity contribution in [3.05, 3.63) is 63.9 Å². The fraction of sp³-hybridized carbons (Fsp3) is 0.222. The molecule has 0 saturated carbocycles. The fourth-order valence-electron chi connectivity index (χ4n) is 2.92. The van der Waals surface area contributed by atoms with Crippen LogP contribution in [-0.4, -0.2) is 29.4 Å². The molecule has 130 valence electrons. The molecule has 0 bridgehead atoms. The number of carbonyl (C=O) groups excluding carboxylic acids is 2. The zero-order valence-electron chi connectivity index (χ0n) is 13.6. The third-order valence-electron chi connectivity index (χ3n) is 4.45. The third kappa shape index (κ3) is 3.10. The maximum absolute atomic E-state index is 13.1. The molecule has 4 nitrogen and oxygen atoms in total. The average Bonchev–Trinajstić information content (AvgIpc) is 2.70. The van der Waals surface area contributed by atoms with Gasteiger partial charge in [-0.1, -0.05) is 35.3 Å². The highest BCUT2D eigenvalue weighted by atomic mass is 35.5. The maximum Gasteiger partial charge on any atom is 0.332 e. The van der Waals surface area contributed by atoms with Crippen LogP contribution in [0.15, 0.2) is 42.5 Å². The molecule has 0 aromatic heterocycles. The first-order valence-corrected chi connectivity index (χ1v) is 8.31. The lowest BCUT2D eigenvalue weighted by molar-refractivity contribution is -0.123. The topological polar surface area (TPSA) is 40.6 Å². The van der Waals surface area contributed by atoms with E-state index in [0.29, 0.717) is 15.7 Å². The first-order chi connectivity index (χ1) is 11.7. The van der Waals surface area contributed by atoms with Gasteiger partial charge in [-0.05, 0) is 42.8 Å². The molecule has 0 N–H and O–H groups in total. The Bertz CT molecular complexity index is 836. The molecule has 2 aromatic carbocycles. The maximum atomic E-state index is 13.1. The molecule has 25 heavy (non-hydrogen) atoms. The Morgan fingerprint density at radius 1 is 1.04 bits per heavy atom. The minimum Gasteiger partial charge on any atom is -0.312 e. The molecule has 1 saturated heterocycles. The van der Waals surface area contributed by atoms with Crippen molar-refractivity contribution < 1.29 is 14.0 Å². The third-order valence-corrected chi connectivity index (χ3v) is 4.89. The van der Waals surface area contributed by atoms with E-state index in [1.807, 2.05) is 0 Å². The van der Waals surface area contributed by atoms with Crippen LogP contribution in [0.3, 0.4) is 0 Å². The molecule has 1 atom stereocenters. The van der Waals surface area contributed by atoms with E-state index in [4.69, 9.17) is 23.2 Å². The van der Waals surface area contributed by atoms with E-state index in [-0.39, 0.29) is 18.1 Å². The van der Waals surface area contributed by atoms with Crippen molar-refractivity contribution in [3.63, 3.8) is 0 Å². The second-order valence-corrected chi connectivity index (χ2v) is 7.06. The zero-order valence-corrected chi connectivity index (χ0v) is 15.1. The summed E-state index contributed by atoms with van der Waals surface area (Å²) in [7, 11) is 1.57. The highest BCUT2D eigenvalue weighted by Crippen LogP contribution is 2.35. The summed E-state index contributed by atoms with van der Waals surface area (Å²) in [5.41, 5.74) is -0.0194. The van der Waals surface area contributed by atoms with Gasteiger partial charge in [0.05, 0.1) is 5.69 Å². The van der Waals surface area contributed by atoms with Crippen molar-refractivity contribution in [1.29, 1.82) is 0 Å². The summed E-state index contributed by atoms with van der Waals surface area (Å²) in [6, 6.07) is 9.95. The number of imide groups is 1. The van der Waals surface area contributed by atoms with E-state index in [9.17, 15) is 14.0 Å². The van der Waals surface area contributed by atoms with E-state index < -0.39 is 11.6 Å². The van der Waals surface area contributed by atoms with Gasteiger partial charge in [0, 0.05) is 23.5 Å². The molecule has 7 heteroatoms. The van der Waals surface area contributed by atoms with Crippen LogP contribution in [0.4, 0.5) is 14.9 Å². The van der Waals surface area contributed by atoms with Crippen molar-refractivity contribution in [2.24, 2.45) is 0 Å². The Labute approximate surface area is 154 Å². The van der Waals surface area contributed by atoms with E-state index in [0.717, 1.165) is 10.5 Å². The zero-order chi connectivity index (χ0) is 18.4. The van der Waals surface area contributed by atoms with E-state index in [2.05, 4.69) is 0 Å². The minimum atomic E-state index is -1.09. The van der Waals surface area contributed by atoms with Crippen LogP contribution in [0.1, 0.15) is 12.5 Å². The minimum absolute atomic E-state index is 0.263. The number of hydrogen-bond acceptors (Lipinski definition) is 2. The molecule has 1 heterocycles. The second-order valence-electron chi connectivity index (χ2n) is 6.19. The van der Waals surface area contributed by atoms with Gasteiger partial charge in [-0.15, -0.1) is 0 Å². The molecule has 0 aliphatic carbocycles. The Morgan fingerprint density at radius 3 is 2.16 bits per heavy atom. The summed E-state index contributed by atoms with van der Waals surface area (Å²) in [4.78, 5) is 28.2. The van der Waals surface area contributed by atoms with Gasteiger partial charge in [-0.3, -0.25) is 4.79 Å². The van der Waals surface area contributed by atoms with Crippen molar-refractivity contribution in [2.75, 3.05) is 11.9 Å². The Hall–Kier alpha value is -2.11. The number of benzene rings is 2. The Balaban J connectivity index is 1.98. The summed E-state index contributed by atoms with van der Waals surface area (Å²) < 4.78 is 13.1. The van der Waals surface area contributed by atoms with Crippen LogP contribution in [0.25, 0.3) is 0 Å². The standard InChI is InChI=1S/C18H15Cl2FN2O2/c1-18(10-11-3-5-14(21)6-4-11)16(24)23(17(25)22(18)2)15-8-12(19)7-13(20)9-15/h3-9H,10H2,1-2H3. The van der Waals surface area contributed by atoms with Crippen molar-refractivity contribution in [1.82, 2.24) is 4.90 Å². The lowest BCUT2D eigenvalue weighted by Crippen LogP contribution is -2.47. The first-order valence-electron chi connectivity index (χ1n) is 7.55. The SMILES string of the molecule is CN1C(=O)N(c2cc(Cl)cc(Cl)c2)C(=O)C1(C)Cc1ccc(F)cc1. The van der Waals surface area contributed by atoms with Gasteiger partial charge in [0.1, 0.15) is 11.4 Å². The van der Waals surface area contributed by atoms with Crippen molar-refractivity contribution in [3.8, 4) is 0 Å². The van der Waals surface area contributed by atoms with E-state index in [1.165, 1.54) is 35.2 Å². The molecule has 0 spiro atoms. The molecule has 1 aliphatic heterocycles. The number of rotatable bonds is 3. The van der Waals surface area contributed by atoms with Crippen LogP contribution in [-0.2, 0) is 11.2 Å². The van der Waals surface area contributed by atoms with E-state index in [1.54, 1.807) is 26.1 Å². The lowest BCUT2D eigenvalue weighted by atomic mass is 9.91. The number of nitrogens with zero attached hydrogens (tertiary/aromatic N) is 2. The first kappa shape index (κ1) is 17.7. The lowest BCUT2D eigenvalue weighted by Gasteiger charge is -2.28. The van der Waals surface area contributed by atoms with Crippen LogP contribution < -0.4 is 4.90 Å². The highest BCUT2D eigenvalue weighted by molar-refractivity contribution is 6.35. The number of anilines is 1. The van der Waals surface area contributed by atoms with E-state index >= 15 is 0 Å². The summed E-state index contributed by atoms with van der Waals surface area (Å²) in [5.74, 6) is -0.742. The molecule has 1 fully saturated rings. The molecule has 3 amide bonds. The van der Waals surface area contributed by atoms with Gasteiger partial charge < -0.3 is 4.90 Å². The molecule has 3 rings (SSSR count). The summed E-state index contributed by atoms with van der Waals surface area (Å²) in [6.07, 6.45) is 0.263. The van der Waals surface area contributed by atoms with Crippen LogP contribution in [0, 0.1) is 5.82 Å². The smallest absolute Gasteiger partial charge is 0.312 e.